The van der Waals surface area contributed by atoms with Crippen LogP contribution in [0.3, 0.4) is 0 Å². The van der Waals surface area contributed by atoms with Crippen molar-refractivity contribution in [3.63, 3.8) is 0 Å². The maximum absolute atomic E-state index is 10.5. The number of aryl methyl sites for hydroxylation is 1. The molecule has 1 aromatic heterocycles. The largest absolute Gasteiger partial charge is 0.493 e. The first kappa shape index (κ1) is 23.6. The highest BCUT2D eigenvalue weighted by Gasteiger charge is 2.15. The molecule has 3 rings (SSSR count). The van der Waals surface area contributed by atoms with Crippen molar-refractivity contribution in [3.05, 3.63) is 41.5 Å². The number of nitrogens with zero attached hydrogens (tertiary/aromatic N) is 3. The summed E-state index contributed by atoms with van der Waals surface area (Å²) in [7, 11) is 3.72. The van der Waals surface area contributed by atoms with E-state index in [2.05, 4.69) is 26.8 Å². The van der Waals surface area contributed by atoms with Crippen molar-refractivity contribution in [3.8, 4) is 11.5 Å². The quantitative estimate of drug-likeness (QED) is 0.602. The molecule has 172 valence electrons. The molecule has 0 spiro atoms. The number of aromatic nitrogens is 2. The summed E-state index contributed by atoms with van der Waals surface area (Å²) in [6.07, 6.45) is 7.71. The van der Waals surface area contributed by atoms with Crippen LogP contribution in [0.2, 0.25) is 0 Å². The first-order chi connectivity index (χ1) is 15.0. The fourth-order valence-corrected chi connectivity index (χ4v) is 4.13. The van der Waals surface area contributed by atoms with Crippen LogP contribution in [0.1, 0.15) is 49.2 Å². The molecule has 0 radical (unpaired) electrons. The maximum Gasteiger partial charge on any atom is 0.161 e. The molecule has 1 saturated heterocycles. The summed E-state index contributed by atoms with van der Waals surface area (Å²) >= 11 is 0. The first-order valence-electron chi connectivity index (χ1n) is 11.4. The third-order valence-electron chi connectivity index (χ3n) is 5.70. The number of hydrogen-bond donors (Lipinski definition) is 2. The lowest BCUT2D eigenvalue weighted by atomic mass is 10.1. The van der Waals surface area contributed by atoms with Gasteiger partial charge in [-0.25, -0.2) is 4.98 Å². The van der Waals surface area contributed by atoms with E-state index in [1.807, 2.05) is 31.3 Å². The summed E-state index contributed by atoms with van der Waals surface area (Å²) in [6.45, 7) is 6.60. The predicted molar refractivity (Wildman–Crippen MR) is 123 cm³/mol. The Hall–Kier alpha value is -2.09. The van der Waals surface area contributed by atoms with Gasteiger partial charge in [0.25, 0.3) is 0 Å². The van der Waals surface area contributed by atoms with Gasteiger partial charge in [0.2, 0.25) is 0 Å². The van der Waals surface area contributed by atoms with Crippen molar-refractivity contribution in [2.75, 3.05) is 40.4 Å². The van der Waals surface area contributed by atoms with E-state index in [-0.39, 0.29) is 6.61 Å². The van der Waals surface area contributed by atoms with E-state index >= 15 is 0 Å². The molecule has 0 bridgehead atoms. The van der Waals surface area contributed by atoms with E-state index in [9.17, 15) is 5.11 Å². The smallest absolute Gasteiger partial charge is 0.161 e. The third-order valence-corrected chi connectivity index (χ3v) is 5.70. The minimum atomic E-state index is -0.508. The van der Waals surface area contributed by atoms with Gasteiger partial charge in [-0.1, -0.05) is 25.3 Å². The minimum Gasteiger partial charge on any atom is -0.493 e. The molecule has 1 aliphatic heterocycles. The van der Waals surface area contributed by atoms with E-state index < -0.39 is 6.10 Å². The van der Waals surface area contributed by atoms with Crippen molar-refractivity contribution in [1.82, 2.24) is 19.8 Å². The summed E-state index contributed by atoms with van der Waals surface area (Å²) in [5.41, 5.74) is 2.20. The average molecular weight is 431 g/mol. The van der Waals surface area contributed by atoms with Crippen molar-refractivity contribution < 1.29 is 14.6 Å². The van der Waals surface area contributed by atoms with E-state index in [1.54, 1.807) is 7.11 Å². The molecule has 0 amide bonds. The van der Waals surface area contributed by atoms with Gasteiger partial charge in [-0.3, -0.25) is 4.90 Å². The molecule has 2 N–H and O–H groups in total. The highest BCUT2D eigenvalue weighted by atomic mass is 16.5. The van der Waals surface area contributed by atoms with Crippen LogP contribution in [0, 0.1) is 6.92 Å². The van der Waals surface area contributed by atoms with E-state index in [1.165, 1.54) is 32.1 Å². The summed E-state index contributed by atoms with van der Waals surface area (Å²) in [5, 5.41) is 10.5. The molecule has 31 heavy (non-hydrogen) atoms. The molecular formula is C24H38N4O3. The molecule has 1 fully saturated rings. The van der Waals surface area contributed by atoms with Crippen LogP contribution in [0.15, 0.2) is 24.4 Å². The molecule has 0 aliphatic carbocycles. The van der Waals surface area contributed by atoms with Crippen LogP contribution < -0.4 is 9.47 Å². The molecular weight excluding hydrogens is 392 g/mol. The Labute approximate surface area is 186 Å². The zero-order valence-electron chi connectivity index (χ0n) is 19.3. The number of imidazole rings is 1. The Kier molecular flexibility index (Phi) is 9.18. The van der Waals surface area contributed by atoms with Gasteiger partial charge in [0, 0.05) is 25.0 Å². The van der Waals surface area contributed by atoms with Crippen LogP contribution in [0.5, 0.6) is 11.5 Å². The second kappa shape index (κ2) is 12.1. The average Bonchev–Trinajstić information content (AvgIpc) is 3.13. The number of aliphatic hydroxyl groups excluding tert-OH is 1. The normalized spacial score (nSPS) is 16.7. The predicted octanol–water partition coefficient (Wildman–Crippen LogP) is 3.36. The van der Waals surface area contributed by atoms with Crippen molar-refractivity contribution >= 4 is 0 Å². The summed E-state index contributed by atoms with van der Waals surface area (Å²) in [5.74, 6) is 2.32. The number of hydrogen-bond acceptors (Lipinski definition) is 6. The number of likely N-dealkylation sites (tertiary alicyclic amines) is 1. The van der Waals surface area contributed by atoms with Gasteiger partial charge >= 0.3 is 0 Å². The number of rotatable bonds is 10. The van der Waals surface area contributed by atoms with Crippen molar-refractivity contribution in [2.24, 2.45) is 0 Å². The van der Waals surface area contributed by atoms with Gasteiger partial charge in [-0.15, -0.1) is 0 Å². The second-order valence-corrected chi connectivity index (χ2v) is 8.70. The number of β-amino-alcohol motifs (C(OH)–C–C–N with tert-alkyl or cyclic N) is 1. The number of nitrogens with one attached hydrogen (secondary N) is 1. The maximum atomic E-state index is 10.5. The number of methoxy groups -OCH3 is 1. The van der Waals surface area contributed by atoms with Gasteiger partial charge in [-0.05, 0) is 57.6 Å². The SMILES string of the molecule is COc1cc(CN(C)Cc2ncc(C)[nH]2)ccc1OC[C@H](O)CN1CCCCCCC1. The number of ether oxygens (including phenoxy) is 2. The fraction of sp³-hybridized carbons (Fsp3) is 0.625. The third kappa shape index (κ3) is 7.83. The standard InChI is InChI=1S/C24H38N4O3/c1-19-14-25-24(26-19)17-27(2)15-20-9-10-22(23(13-20)30-3)31-18-21(29)16-28-11-7-5-4-6-8-12-28/h9-10,13-14,21,29H,4-8,11-12,15-18H2,1-3H3,(H,25,26)/t21-/m1/s1. The van der Waals surface area contributed by atoms with Crippen LogP contribution in [0.4, 0.5) is 0 Å². The van der Waals surface area contributed by atoms with Gasteiger partial charge in [0.1, 0.15) is 18.5 Å². The summed E-state index contributed by atoms with van der Waals surface area (Å²) in [6, 6.07) is 5.98. The lowest BCUT2D eigenvalue weighted by Crippen LogP contribution is -2.37. The molecule has 1 aliphatic rings. The second-order valence-electron chi connectivity index (χ2n) is 8.70. The fourth-order valence-electron chi connectivity index (χ4n) is 4.13. The number of benzene rings is 1. The van der Waals surface area contributed by atoms with Crippen LogP contribution in [0.25, 0.3) is 0 Å². The topological polar surface area (TPSA) is 73.8 Å². The number of H-pyrrole nitrogens is 1. The Bertz CT molecular complexity index is 787. The molecule has 1 aromatic carbocycles. The Morgan fingerprint density at radius 1 is 1.13 bits per heavy atom. The zero-order valence-corrected chi connectivity index (χ0v) is 19.3. The lowest BCUT2D eigenvalue weighted by molar-refractivity contribution is 0.0645. The lowest BCUT2D eigenvalue weighted by Gasteiger charge is -2.26. The van der Waals surface area contributed by atoms with Crippen LogP contribution >= 0.6 is 0 Å². The molecule has 2 heterocycles. The zero-order chi connectivity index (χ0) is 22.1. The van der Waals surface area contributed by atoms with Crippen molar-refractivity contribution in [1.29, 1.82) is 0 Å². The number of aliphatic hydroxyl groups is 1. The van der Waals surface area contributed by atoms with Crippen LogP contribution in [-0.2, 0) is 13.1 Å². The molecule has 0 unspecified atom stereocenters. The van der Waals surface area contributed by atoms with Gasteiger partial charge in [0.05, 0.1) is 13.7 Å². The number of aromatic amines is 1. The van der Waals surface area contributed by atoms with E-state index in [4.69, 9.17) is 9.47 Å². The monoisotopic (exact) mass is 430 g/mol. The highest BCUT2D eigenvalue weighted by molar-refractivity contribution is 5.43. The Balaban J connectivity index is 1.49. The van der Waals surface area contributed by atoms with E-state index in [0.717, 1.165) is 43.3 Å². The molecule has 7 nitrogen and oxygen atoms in total. The van der Waals surface area contributed by atoms with Gasteiger partial charge in [-0.2, -0.15) is 0 Å². The molecule has 1 atom stereocenters. The Morgan fingerprint density at radius 2 is 1.87 bits per heavy atom. The minimum absolute atomic E-state index is 0.268. The highest BCUT2D eigenvalue weighted by Crippen LogP contribution is 2.29. The summed E-state index contributed by atoms with van der Waals surface area (Å²) in [4.78, 5) is 12.2. The van der Waals surface area contributed by atoms with Crippen molar-refractivity contribution in [2.45, 2.75) is 58.2 Å². The van der Waals surface area contributed by atoms with E-state index in [0.29, 0.717) is 18.0 Å². The van der Waals surface area contributed by atoms with Gasteiger partial charge in [0.15, 0.2) is 11.5 Å². The summed E-state index contributed by atoms with van der Waals surface area (Å²) < 4.78 is 11.5. The molecule has 7 heteroatoms. The molecule has 2 aromatic rings. The van der Waals surface area contributed by atoms with Gasteiger partial charge < -0.3 is 24.5 Å². The molecule has 0 saturated carbocycles. The van der Waals surface area contributed by atoms with Crippen LogP contribution in [-0.4, -0.2) is 71.4 Å². The first-order valence-corrected chi connectivity index (χ1v) is 11.4. The Morgan fingerprint density at radius 3 is 2.55 bits per heavy atom.